The first-order chi connectivity index (χ1) is 17.4. The zero-order valence-electron chi connectivity index (χ0n) is 20.5. The zero-order chi connectivity index (χ0) is 25.2. The van der Waals surface area contributed by atoms with E-state index < -0.39 is 0 Å². The molecule has 5 aromatic rings. The van der Waals surface area contributed by atoms with Gasteiger partial charge in [-0.25, -0.2) is 29.9 Å². The van der Waals surface area contributed by atoms with Crippen molar-refractivity contribution in [3.05, 3.63) is 95.6 Å². The Bertz CT molecular complexity index is 1610. The highest BCUT2D eigenvalue weighted by Gasteiger charge is 2.15. The lowest BCUT2D eigenvalue weighted by molar-refractivity contribution is 0.928. The molecule has 0 fully saturated rings. The molecule has 0 amide bonds. The third-order valence-electron chi connectivity index (χ3n) is 5.74. The van der Waals surface area contributed by atoms with E-state index in [1.807, 2.05) is 88.4 Å². The van der Waals surface area contributed by atoms with Crippen LogP contribution in [0.3, 0.4) is 0 Å². The van der Waals surface area contributed by atoms with Gasteiger partial charge in [-0.05, 0) is 62.6 Å². The summed E-state index contributed by atoms with van der Waals surface area (Å²) in [7, 11) is 0. The Hall–Kier alpha value is -4.83. The Labute approximate surface area is 209 Å². The van der Waals surface area contributed by atoms with Crippen LogP contribution in [0.15, 0.2) is 66.7 Å². The van der Waals surface area contributed by atoms with E-state index in [-0.39, 0.29) is 0 Å². The van der Waals surface area contributed by atoms with Crippen molar-refractivity contribution in [2.75, 3.05) is 0 Å². The van der Waals surface area contributed by atoms with Crippen LogP contribution in [0, 0.1) is 39.0 Å². The van der Waals surface area contributed by atoms with Gasteiger partial charge in [-0.2, -0.15) is 5.26 Å². The van der Waals surface area contributed by atoms with Gasteiger partial charge >= 0.3 is 0 Å². The fourth-order valence-electron chi connectivity index (χ4n) is 4.33. The first-order valence-corrected chi connectivity index (χ1v) is 11.5. The van der Waals surface area contributed by atoms with Gasteiger partial charge in [-0.1, -0.05) is 48.5 Å². The molecule has 0 N–H and O–H groups in total. The molecule has 0 saturated carbocycles. The molecule has 2 heterocycles. The standard InChI is InChI=1S/C29H23N7/c1-17-31-18(2)34-28(33-17)23-10-5-8-21(14-23)26-13-7-12-25(16-30)27(26)22-9-6-11-24(15-22)29-35-19(3)32-20(4)36-29/h5-15H,1-4H3. The van der Waals surface area contributed by atoms with Crippen LogP contribution in [0.2, 0.25) is 0 Å². The van der Waals surface area contributed by atoms with Gasteiger partial charge in [-0.3, -0.25) is 0 Å². The van der Waals surface area contributed by atoms with Gasteiger partial charge in [0.2, 0.25) is 0 Å². The molecule has 0 unspecified atom stereocenters. The molecule has 0 aliphatic carbocycles. The molecular weight excluding hydrogens is 446 g/mol. The van der Waals surface area contributed by atoms with E-state index in [1.54, 1.807) is 0 Å². The van der Waals surface area contributed by atoms with E-state index in [2.05, 4.69) is 42.0 Å². The Morgan fingerprint density at radius 3 is 1.50 bits per heavy atom. The zero-order valence-corrected chi connectivity index (χ0v) is 20.5. The second-order valence-electron chi connectivity index (χ2n) is 8.51. The summed E-state index contributed by atoms with van der Waals surface area (Å²) in [5.41, 5.74) is 6.01. The van der Waals surface area contributed by atoms with Gasteiger partial charge in [0.15, 0.2) is 11.6 Å². The number of hydrogen-bond acceptors (Lipinski definition) is 7. The lowest BCUT2D eigenvalue weighted by Gasteiger charge is -2.14. The molecular formula is C29H23N7. The predicted molar refractivity (Wildman–Crippen MR) is 139 cm³/mol. The fourth-order valence-corrected chi connectivity index (χ4v) is 4.33. The normalized spacial score (nSPS) is 10.8. The molecule has 0 atom stereocenters. The van der Waals surface area contributed by atoms with Crippen molar-refractivity contribution >= 4 is 0 Å². The van der Waals surface area contributed by atoms with Crippen molar-refractivity contribution in [1.29, 1.82) is 5.26 Å². The van der Waals surface area contributed by atoms with Crippen LogP contribution in [-0.2, 0) is 0 Å². The number of rotatable bonds is 4. The summed E-state index contributed by atoms with van der Waals surface area (Å²) in [6.45, 7) is 7.43. The summed E-state index contributed by atoms with van der Waals surface area (Å²) in [4.78, 5) is 26.6. The van der Waals surface area contributed by atoms with Crippen molar-refractivity contribution in [3.63, 3.8) is 0 Å². The highest BCUT2D eigenvalue weighted by Crippen LogP contribution is 2.37. The molecule has 0 spiro atoms. The largest absolute Gasteiger partial charge is 0.219 e. The molecule has 7 nitrogen and oxygen atoms in total. The van der Waals surface area contributed by atoms with Gasteiger partial charge < -0.3 is 0 Å². The van der Waals surface area contributed by atoms with Gasteiger partial charge in [0, 0.05) is 16.7 Å². The maximum absolute atomic E-state index is 9.99. The van der Waals surface area contributed by atoms with Crippen molar-refractivity contribution in [1.82, 2.24) is 29.9 Å². The average Bonchev–Trinajstić information content (AvgIpc) is 2.87. The second kappa shape index (κ2) is 9.43. The first-order valence-electron chi connectivity index (χ1n) is 11.5. The van der Waals surface area contributed by atoms with E-state index in [4.69, 9.17) is 0 Å². The molecule has 2 aromatic heterocycles. The summed E-state index contributed by atoms with van der Waals surface area (Å²) in [5.74, 6) is 3.93. The minimum absolute atomic E-state index is 0.588. The van der Waals surface area contributed by atoms with Crippen molar-refractivity contribution in [2.24, 2.45) is 0 Å². The summed E-state index contributed by atoms with van der Waals surface area (Å²) in [5, 5.41) is 9.99. The summed E-state index contributed by atoms with van der Waals surface area (Å²) in [6, 6.07) is 24.2. The van der Waals surface area contributed by atoms with Crippen molar-refractivity contribution in [2.45, 2.75) is 27.7 Å². The molecule has 0 bridgehead atoms. The summed E-state index contributed by atoms with van der Waals surface area (Å²) in [6.07, 6.45) is 0. The van der Waals surface area contributed by atoms with Gasteiger partial charge in [0.25, 0.3) is 0 Å². The Morgan fingerprint density at radius 2 is 0.972 bits per heavy atom. The van der Waals surface area contributed by atoms with E-state index in [1.165, 1.54) is 0 Å². The number of aromatic nitrogens is 6. The number of benzene rings is 3. The molecule has 0 saturated heterocycles. The van der Waals surface area contributed by atoms with Crippen LogP contribution >= 0.6 is 0 Å². The molecule has 5 rings (SSSR count). The molecule has 3 aromatic carbocycles. The monoisotopic (exact) mass is 469 g/mol. The van der Waals surface area contributed by atoms with Gasteiger partial charge in [0.05, 0.1) is 11.6 Å². The lowest BCUT2D eigenvalue weighted by atomic mass is 9.89. The third-order valence-corrected chi connectivity index (χ3v) is 5.74. The van der Waals surface area contributed by atoms with Gasteiger partial charge in [-0.15, -0.1) is 0 Å². The van der Waals surface area contributed by atoms with Crippen LogP contribution < -0.4 is 0 Å². The maximum atomic E-state index is 9.99. The van der Waals surface area contributed by atoms with Gasteiger partial charge in [0.1, 0.15) is 23.3 Å². The average molecular weight is 470 g/mol. The third kappa shape index (κ3) is 4.57. The van der Waals surface area contributed by atoms with Crippen LogP contribution in [-0.4, -0.2) is 29.9 Å². The van der Waals surface area contributed by atoms with E-state index in [0.29, 0.717) is 40.5 Å². The Kier molecular flexibility index (Phi) is 6.01. The minimum Gasteiger partial charge on any atom is -0.219 e. The molecule has 0 radical (unpaired) electrons. The van der Waals surface area contributed by atoms with E-state index in [0.717, 1.165) is 33.4 Å². The summed E-state index contributed by atoms with van der Waals surface area (Å²) < 4.78 is 0. The topological polar surface area (TPSA) is 101 Å². The maximum Gasteiger partial charge on any atom is 0.163 e. The first kappa shape index (κ1) is 22.9. The number of nitrogens with zero attached hydrogens (tertiary/aromatic N) is 7. The molecule has 0 aliphatic heterocycles. The number of aryl methyl sites for hydroxylation is 4. The SMILES string of the molecule is Cc1nc(C)nc(-c2cccc(-c3cccc(C#N)c3-c3cccc(-c4nc(C)nc(C)n4)c3)c2)n1. The molecule has 0 aliphatic rings. The van der Waals surface area contributed by atoms with Crippen LogP contribution in [0.5, 0.6) is 0 Å². The lowest BCUT2D eigenvalue weighted by Crippen LogP contribution is -1.99. The van der Waals surface area contributed by atoms with Crippen molar-refractivity contribution in [3.8, 4) is 51.1 Å². The summed E-state index contributed by atoms with van der Waals surface area (Å²) >= 11 is 0. The van der Waals surface area contributed by atoms with Crippen LogP contribution in [0.25, 0.3) is 45.0 Å². The Balaban J connectivity index is 1.67. The highest BCUT2D eigenvalue weighted by atomic mass is 15.0. The predicted octanol–water partition coefficient (Wildman–Crippen LogP) is 5.83. The number of nitriles is 1. The number of hydrogen-bond donors (Lipinski definition) is 0. The smallest absolute Gasteiger partial charge is 0.163 e. The Morgan fingerprint density at radius 1 is 0.528 bits per heavy atom. The van der Waals surface area contributed by atoms with Crippen LogP contribution in [0.4, 0.5) is 0 Å². The highest BCUT2D eigenvalue weighted by molar-refractivity contribution is 5.89. The van der Waals surface area contributed by atoms with Crippen molar-refractivity contribution < 1.29 is 0 Å². The fraction of sp³-hybridized carbons (Fsp3) is 0.138. The quantitative estimate of drug-likeness (QED) is 0.326. The van der Waals surface area contributed by atoms with E-state index in [9.17, 15) is 5.26 Å². The molecule has 36 heavy (non-hydrogen) atoms. The molecule has 7 heteroatoms. The van der Waals surface area contributed by atoms with E-state index >= 15 is 0 Å². The minimum atomic E-state index is 0.588. The molecule has 174 valence electrons. The second-order valence-corrected chi connectivity index (χ2v) is 8.51. The van der Waals surface area contributed by atoms with Crippen LogP contribution in [0.1, 0.15) is 28.9 Å².